The van der Waals surface area contributed by atoms with Gasteiger partial charge in [0.05, 0.1) is 17.4 Å². The van der Waals surface area contributed by atoms with Crippen LogP contribution in [0.2, 0.25) is 0 Å². The first-order chi connectivity index (χ1) is 12.9. The second-order valence-electron chi connectivity index (χ2n) is 7.73. The van der Waals surface area contributed by atoms with Gasteiger partial charge in [0.15, 0.2) is 5.82 Å². The van der Waals surface area contributed by atoms with E-state index in [4.69, 9.17) is 5.73 Å². The van der Waals surface area contributed by atoms with Crippen LogP contribution in [0.15, 0.2) is 17.1 Å². The molecule has 6 nitrogen and oxygen atoms in total. The van der Waals surface area contributed by atoms with Crippen LogP contribution in [0.25, 0.3) is 5.52 Å². The molecule has 7 heteroatoms. The Morgan fingerprint density at radius 1 is 1.30 bits per heavy atom. The van der Waals surface area contributed by atoms with Crippen LogP contribution in [0.5, 0.6) is 0 Å². The van der Waals surface area contributed by atoms with Gasteiger partial charge in [-0.1, -0.05) is 0 Å². The number of carboxylic acids is 1. The lowest BCUT2D eigenvalue weighted by molar-refractivity contribution is 0.0694. The monoisotopic (exact) mass is 373 g/mol. The zero-order chi connectivity index (χ0) is 19.3. The summed E-state index contributed by atoms with van der Waals surface area (Å²) in [6, 6.07) is 1.49. The lowest BCUT2D eigenvalue weighted by atomic mass is 9.95. The number of halogens is 1. The maximum absolute atomic E-state index is 15.0. The normalized spacial score (nSPS) is 18.3. The number of anilines is 1. The molecular weight excluding hydrogens is 349 g/mol. The number of piperidine rings is 1. The van der Waals surface area contributed by atoms with Gasteiger partial charge in [0.25, 0.3) is 5.56 Å². The predicted octanol–water partition coefficient (Wildman–Crippen LogP) is 2.50. The van der Waals surface area contributed by atoms with E-state index in [1.54, 1.807) is 0 Å². The average Bonchev–Trinajstić information content (AvgIpc) is 3.48. The fourth-order valence-corrected chi connectivity index (χ4v) is 4.28. The van der Waals surface area contributed by atoms with Gasteiger partial charge in [-0.2, -0.15) is 0 Å². The quantitative estimate of drug-likeness (QED) is 0.860. The third-order valence-corrected chi connectivity index (χ3v) is 5.95. The van der Waals surface area contributed by atoms with Crippen molar-refractivity contribution in [1.29, 1.82) is 0 Å². The Morgan fingerprint density at radius 3 is 2.52 bits per heavy atom. The van der Waals surface area contributed by atoms with Crippen molar-refractivity contribution in [1.82, 2.24) is 4.40 Å². The highest BCUT2D eigenvalue weighted by atomic mass is 19.1. The van der Waals surface area contributed by atoms with Crippen LogP contribution >= 0.6 is 0 Å². The van der Waals surface area contributed by atoms with E-state index in [2.05, 4.69) is 0 Å². The highest BCUT2D eigenvalue weighted by Crippen LogP contribution is 2.44. The number of rotatable bonds is 4. The molecule has 0 spiro atoms. The zero-order valence-corrected chi connectivity index (χ0v) is 15.4. The highest BCUT2D eigenvalue weighted by Gasteiger charge is 2.31. The Kier molecular flexibility index (Phi) is 4.42. The third-order valence-electron chi connectivity index (χ3n) is 5.95. The summed E-state index contributed by atoms with van der Waals surface area (Å²) in [6.07, 6.45) is 4.91. The Morgan fingerprint density at radius 2 is 1.96 bits per heavy atom. The van der Waals surface area contributed by atoms with Crippen LogP contribution in [-0.4, -0.2) is 35.1 Å². The molecular formula is C20H24FN3O3. The first kappa shape index (κ1) is 18.0. The van der Waals surface area contributed by atoms with Crippen LogP contribution < -0.4 is 16.2 Å². The Hall–Kier alpha value is -2.41. The number of aromatic carboxylic acids is 1. The molecule has 1 aliphatic carbocycles. The van der Waals surface area contributed by atoms with Crippen LogP contribution in [0, 0.1) is 18.7 Å². The molecule has 27 heavy (non-hydrogen) atoms. The number of pyridine rings is 2. The van der Waals surface area contributed by atoms with Crippen LogP contribution in [0.4, 0.5) is 10.1 Å². The fourth-order valence-electron chi connectivity index (χ4n) is 4.28. The van der Waals surface area contributed by atoms with Gasteiger partial charge in [0.1, 0.15) is 5.56 Å². The number of carboxylic acid groups (broad SMARTS) is 1. The second-order valence-corrected chi connectivity index (χ2v) is 7.73. The summed E-state index contributed by atoms with van der Waals surface area (Å²) in [5.74, 6) is -1.06. The standard InChI is InChI=1S/C20H24FN3O3/c1-11-17-14(13-2-3-13)8-15(20(26)27)19(25)24(17)10-16(21)18(11)23-6-4-12(9-22)5-7-23/h8,10,12-13H,2-7,9,22H2,1H3,(H,26,27). The number of nitrogens with zero attached hydrogens (tertiary/aromatic N) is 2. The first-order valence-corrected chi connectivity index (χ1v) is 9.49. The Bertz CT molecular complexity index is 973. The molecule has 0 unspecified atom stereocenters. The number of hydrogen-bond donors (Lipinski definition) is 2. The molecule has 3 N–H and O–H groups in total. The minimum Gasteiger partial charge on any atom is -0.477 e. The van der Waals surface area contributed by atoms with E-state index in [1.807, 2.05) is 11.8 Å². The van der Waals surface area contributed by atoms with E-state index in [0.29, 0.717) is 29.2 Å². The van der Waals surface area contributed by atoms with Gasteiger partial charge in [-0.05, 0) is 68.2 Å². The summed E-state index contributed by atoms with van der Waals surface area (Å²) in [5.41, 5.74) is 7.50. The number of aryl methyl sites for hydroxylation is 1. The van der Waals surface area contributed by atoms with Crippen LogP contribution in [0.3, 0.4) is 0 Å². The third kappa shape index (κ3) is 3.00. The predicted molar refractivity (Wildman–Crippen MR) is 101 cm³/mol. The van der Waals surface area contributed by atoms with E-state index >= 15 is 4.39 Å². The maximum Gasteiger partial charge on any atom is 0.341 e. The van der Waals surface area contributed by atoms with Gasteiger partial charge in [-0.3, -0.25) is 9.20 Å². The molecule has 0 aromatic carbocycles. The SMILES string of the molecule is Cc1c(N2CCC(CN)CC2)c(F)cn2c(=O)c(C(=O)O)cc(C3CC3)c12. The molecule has 1 saturated heterocycles. The van der Waals surface area contributed by atoms with Crippen LogP contribution in [-0.2, 0) is 0 Å². The highest BCUT2D eigenvalue weighted by molar-refractivity contribution is 5.89. The Labute approximate surface area is 156 Å². The van der Waals surface area contributed by atoms with Gasteiger partial charge < -0.3 is 15.7 Å². The zero-order valence-electron chi connectivity index (χ0n) is 15.4. The molecule has 3 heterocycles. The molecule has 0 amide bonds. The van der Waals surface area contributed by atoms with Gasteiger partial charge in [0.2, 0.25) is 0 Å². The van der Waals surface area contributed by atoms with Gasteiger partial charge in [0, 0.05) is 13.1 Å². The lowest BCUT2D eigenvalue weighted by Gasteiger charge is -2.34. The number of carbonyl (C=O) groups is 1. The van der Waals surface area contributed by atoms with Crippen molar-refractivity contribution in [2.24, 2.45) is 11.7 Å². The Balaban J connectivity index is 1.91. The van der Waals surface area contributed by atoms with Crippen LogP contribution in [0.1, 0.15) is 53.1 Å². The molecule has 1 aliphatic heterocycles. The fraction of sp³-hybridized carbons (Fsp3) is 0.500. The molecule has 144 valence electrons. The molecule has 1 saturated carbocycles. The summed E-state index contributed by atoms with van der Waals surface area (Å²) in [4.78, 5) is 26.1. The average molecular weight is 373 g/mol. The summed E-state index contributed by atoms with van der Waals surface area (Å²) in [5, 5.41) is 9.37. The molecule has 0 radical (unpaired) electrons. The summed E-state index contributed by atoms with van der Waals surface area (Å²) < 4.78 is 16.2. The summed E-state index contributed by atoms with van der Waals surface area (Å²) in [6.45, 7) is 3.93. The smallest absolute Gasteiger partial charge is 0.341 e. The lowest BCUT2D eigenvalue weighted by Crippen LogP contribution is -2.37. The number of nitrogens with two attached hydrogens (primary N) is 1. The van der Waals surface area contributed by atoms with Gasteiger partial charge >= 0.3 is 5.97 Å². The molecule has 0 bridgehead atoms. The summed E-state index contributed by atoms with van der Waals surface area (Å²) >= 11 is 0. The van der Waals surface area contributed by atoms with Gasteiger partial charge in [-0.25, -0.2) is 9.18 Å². The number of hydrogen-bond acceptors (Lipinski definition) is 4. The van der Waals surface area contributed by atoms with Crippen molar-refractivity contribution in [2.75, 3.05) is 24.5 Å². The van der Waals surface area contributed by atoms with E-state index in [-0.39, 0.29) is 11.5 Å². The van der Waals surface area contributed by atoms with Crippen molar-refractivity contribution < 1.29 is 14.3 Å². The van der Waals surface area contributed by atoms with E-state index < -0.39 is 17.3 Å². The minimum absolute atomic E-state index is 0.235. The molecule has 4 rings (SSSR count). The van der Waals surface area contributed by atoms with E-state index in [9.17, 15) is 14.7 Å². The maximum atomic E-state index is 15.0. The van der Waals surface area contributed by atoms with E-state index in [0.717, 1.165) is 50.5 Å². The van der Waals surface area contributed by atoms with Gasteiger partial charge in [-0.15, -0.1) is 0 Å². The van der Waals surface area contributed by atoms with Crippen molar-refractivity contribution >= 4 is 17.2 Å². The minimum atomic E-state index is -1.28. The number of fused-ring (bicyclic) bond motifs is 1. The first-order valence-electron chi connectivity index (χ1n) is 9.49. The largest absolute Gasteiger partial charge is 0.477 e. The molecule has 2 aromatic rings. The van der Waals surface area contributed by atoms with Crippen molar-refractivity contribution in [3.05, 3.63) is 45.1 Å². The molecule has 2 aromatic heterocycles. The van der Waals surface area contributed by atoms with E-state index in [1.165, 1.54) is 10.5 Å². The van der Waals surface area contributed by atoms with Crippen molar-refractivity contribution in [3.63, 3.8) is 0 Å². The number of aromatic nitrogens is 1. The topological polar surface area (TPSA) is 88.0 Å². The molecule has 0 atom stereocenters. The molecule has 2 fully saturated rings. The molecule has 2 aliphatic rings. The van der Waals surface area contributed by atoms with Crippen molar-refractivity contribution in [3.8, 4) is 0 Å². The second kappa shape index (κ2) is 6.64. The van der Waals surface area contributed by atoms with Crippen molar-refractivity contribution in [2.45, 2.75) is 38.5 Å². The summed E-state index contributed by atoms with van der Waals surface area (Å²) in [7, 11) is 0.